The maximum atomic E-state index is 14.2. The number of carbonyl (C=O) groups is 2. The summed E-state index contributed by atoms with van der Waals surface area (Å²) >= 11 is 0. The van der Waals surface area contributed by atoms with Gasteiger partial charge in [0.1, 0.15) is 11.2 Å². The standard InChI is InChI=1S/C43H52N4O5/c1-7-24-15-23-20-43(42(49)52-6)39-27(13-14-47(21-23)40(24)43)29-19-36(50-4)30(17-34(29)45-39)31-16-28-25(8-2)22-46(3)35(37(28)41(48)51-5)18-32-26-11-9-10-12-33(26)44-38(31)32/h8-12,17,19,23-24,28,31,35,37,40,44-45H,7,13-16,18,20-22H2,1-6H3/b25-8+. The van der Waals surface area contributed by atoms with Crippen LogP contribution in [-0.4, -0.2) is 91.8 Å². The van der Waals surface area contributed by atoms with Crippen molar-refractivity contribution in [2.45, 2.75) is 75.8 Å². The summed E-state index contributed by atoms with van der Waals surface area (Å²) in [7, 11) is 6.99. The Morgan fingerprint density at radius 2 is 1.85 bits per heavy atom. The van der Waals surface area contributed by atoms with Crippen LogP contribution in [0.5, 0.6) is 5.75 Å². The van der Waals surface area contributed by atoms with E-state index in [1.807, 2.05) is 0 Å². The molecule has 4 fully saturated rings. The molecular formula is C43H52N4O5. The van der Waals surface area contributed by atoms with Crippen LogP contribution in [-0.2, 0) is 37.3 Å². The molecule has 9 heteroatoms. The van der Waals surface area contributed by atoms with Crippen molar-refractivity contribution in [1.29, 1.82) is 0 Å². The minimum Gasteiger partial charge on any atom is -0.496 e. The molecule has 9 nitrogen and oxygen atoms in total. The number of ether oxygens (including phenoxy) is 3. The third-order valence-electron chi connectivity index (χ3n) is 14.1. The lowest BCUT2D eigenvalue weighted by atomic mass is 9.56. The fraction of sp³-hybridized carbons (Fsp3) is 0.535. The second-order valence-electron chi connectivity index (χ2n) is 16.3. The second kappa shape index (κ2) is 12.5. The normalized spacial score (nSPS) is 33.2. The van der Waals surface area contributed by atoms with Crippen molar-refractivity contribution in [3.05, 3.63) is 76.1 Å². The highest BCUT2D eigenvalue weighted by Gasteiger charge is 2.62. The number of hydrogen-bond donors (Lipinski definition) is 2. The lowest BCUT2D eigenvalue weighted by molar-refractivity contribution is -0.162. The Hall–Kier alpha value is -4.08. The molecule has 6 bridgehead atoms. The number of carbonyl (C=O) groups excluding carboxylic acids is 2. The van der Waals surface area contributed by atoms with Crippen LogP contribution < -0.4 is 4.74 Å². The lowest BCUT2D eigenvalue weighted by Gasteiger charge is -2.57. The fourth-order valence-electron chi connectivity index (χ4n) is 12.1. The molecule has 274 valence electrons. The van der Waals surface area contributed by atoms with Crippen LogP contribution in [0.15, 0.2) is 48.0 Å². The molecule has 52 heavy (non-hydrogen) atoms. The number of fused-ring (bicyclic) bond motifs is 9. The van der Waals surface area contributed by atoms with Crippen LogP contribution in [0.2, 0.25) is 0 Å². The maximum Gasteiger partial charge on any atom is 0.319 e. The molecule has 2 aromatic heterocycles. The summed E-state index contributed by atoms with van der Waals surface area (Å²) in [5.74, 6) is 1.11. The predicted octanol–water partition coefficient (Wildman–Crippen LogP) is 6.49. The summed E-state index contributed by atoms with van der Waals surface area (Å²) in [4.78, 5) is 40.8. The van der Waals surface area contributed by atoms with E-state index in [1.54, 1.807) is 14.2 Å². The van der Waals surface area contributed by atoms with Gasteiger partial charge in [0.2, 0.25) is 0 Å². The van der Waals surface area contributed by atoms with Crippen molar-refractivity contribution in [3.63, 3.8) is 0 Å². The molecule has 0 spiro atoms. The Morgan fingerprint density at radius 3 is 2.60 bits per heavy atom. The summed E-state index contributed by atoms with van der Waals surface area (Å²) in [6, 6.07) is 13.2. The highest BCUT2D eigenvalue weighted by atomic mass is 16.5. The van der Waals surface area contributed by atoms with Gasteiger partial charge < -0.3 is 24.2 Å². The van der Waals surface area contributed by atoms with Gasteiger partial charge in [0.25, 0.3) is 0 Å². The number of hydrogen-bond acceptors (Lipinski definition) is 7. The predicted molar refractivity (Wildman–Crippen MR) is 202 cm³/mol. The topological polar surface area (TPSA) is 99.9 Å². The van der Waals surface area contributed by atoms with Gasteiger partial charge in [0.15, 0.2) is 0 Å². The maximum absolute atomic E-state index is 14.2. The smallest absolute Gasteiger partial charge is 0.319 e. The highest BCUT2D eigenvalue weighted by molar-refractivity contribution is 5.93. The number of aromatic amines is 2. The van der Waals surface area contributed by atoms with Crippen molar-refractivity contribution in [1.82, 2.24) is 19.8 Å². The zero-order valence-electron chi connectivity index (χ0n) is 31.4. The van der Waals surface area contributed by atoms with Crippen molar-refractivity contribution in [3.8, 4) is 5.75 Å². The molecule has 10 rings (SSSR count). The van der Waals surface area contributed by atoms with E-state index in [0.717, 1.165) is 85.2 Å². The first-order valence-corrected chi connectivity index (χ1v) is 19.3. The average molecular weight is 705 g/mol. The number of nitrogens with zero attached hydrogens (tertiary/aromatic N) is 2. The Kier molecular flexibility index (Phi) is 8.12. The van der Waals surface area contributed by atoms with Crippen LogP contribution in [0.1, 0.15) is 73.5 Å². The van der Waals surface area contributed by atoms with Crippen molar-refractivity contribution >= 4 is 33.7 Å². The van der Waals surface area contributed by atoms with Crippen LogP contribution in [0.25, 0.3) is 21.8 Å². The number of para-hydroxylation sites is 1. The highest BCUT2D eigenvalue weighted by Crippen LogP contribution is 2.56. The Morgan fingerprint density at radius 1 is 1.02 bits per heavy atom. The fourth-order valence-corrected chi connectivity index (χ4v) is 12.1. The Bertz CT molecular complexity index is 2110. The first-order valence-electron chi connectivity index (χ1n) is 19.3. The van der Waals surface area contributed by atoms with Crippen molar-refractivity contribution in [2.75, 3.05) is 48.0 Å². The zero-order valence-corrected chi connectivity index (χ0v) is 31.4. The van der Waals surface area contributed by atoms with Gasteiger partial charge in [-0.2, -0.15) is 0 Å². The Balaban J connectivity index is 1.27. The molecule has 4 aliphatic heterocycles. The number of aromatic nitrogens is 2. The summed E-state index contributed by atoms with van der Waals surface area (Å²) in [6.07, 6.45) is 7.59. The van der Waals surface area contributed by atoms with E-state index < -0.39 is 5.41 Å². The second-order valence-corrected chi connectivity index (χ2v) is 16.3. The quantitative estimate of drug-likeness (QED) is 0.181. The number of piperidine rings is 3. The van der Waals surface area contributed by atoms with Crippen LogP contribution >= 0.6 is 0 Å². The van der Waals surface area contributed by atoms with Gasteiger partial charge in [-0.15, -0.1) is 0 Å². The number of likely N-dealkylation sites (tertiary alicyclic amines) is 1. The minimum atomic E-state index is -0.725. The van der Waals surface area contributed by atoms with Gasteiger partial charge in [0.05, 0.1) is 27.2 Å². The Labute approximate surface area is 306 Å². The monoisotopic (exact) mass is 704 g/mol. The van der Waals surface area contributed by atoms with Gasteiger partial charge in [-0.25, -0.2) is 0 Å². The number of nitrogens with one attached hydrogen (secondary N) is 2. The van der Waals surface area contributed by atoms with Crippen LogP contribution in [0.3, 0.4) is 0 Å². The van der Waals surface area contributed by atoms with Crippen molar-refractivity contribution < 1.29 is 23.8 Å². The molecule has 2 N–H and O–H groups in total. The van der Waals surface area contributed by atoms with E-state index in [0.29, 0.717) is 11.8 Å². The molecule has 1 saturated carbocycles. The molecule has 4 aromatic rings. The molecule has 9 unspecified atom stereocenters. The SMILES string of the molecule is C/C=C1\CN(C)C2Cc3c([nH]c4ccccc34)C(c3cc4[nH]c5c(c4cc3OC)CCN3CC4CC(CC)C3C5(C(=O)OC)C4)CC1C2C(=O)OC. The summed E-state index contributed by atoms with van der Waals surface area (Å²) in [5, 5.41) is 2.32. The van der Waals surface area contributed by atoms with Crippen LogP contribution in [0.4, 0.5) is 0 Å². The van der Waals surface area contributed by atoms with E-state index >= 15 is 0 Å². The number of methoxy groups -OCH3 is 3. The summed E-state index contributed by atoms with van der Waals surface area (Å²) in [5.41, 5.74) is 8.48. The molecule has 2 aliphatic carbocycles. The number of likely N-dealkylation sites (N-methyl/N-ethyl adjacent to an activating group) is 1. The molecule has 6 aliphatic rings. The number of allylic oxidation sites excluding steroid dienone is 1. The molecule has 0 radical (unpaired) electrons. The largest absolute Gasteiger partial charge is 0.496 e. The van der Waals surface area contributed by atoms with E-state index in [4.69, 9.17) is 14.2 Å². The van der Waals surface area contributed by atoms with Gasteiger partial charge in [0, 0.05) is 76.4 Å². The van der Waals surface area contributed by atoms with E-state index in [1.165, 1.54) is 41.3 Å². The molecular weight excluding hydrogens is 652 g/mol. The number of benzene rings is 2. The van der Waals surface area contributed by atoms with E-state index in [9.17, 15) is 9.59 Å². The van der Waals surface area contributed by atoms with Gasteiger partial charge in [-0.05, 0) is 93.2 Å². The third kappa shape index (κ3) is 4.67. The zero-order chi connectivity index (χ0) is 36.1. The molecule has 2 aromatic carbocycles. The summed E-state index contributed by atoms with van der Waals surface area (Å²) in [6.45, 7) is 7.17. The summed E-state index contributed by atoms with van der Waals surface area (Å²) < 4.78 is 17.6. The number of rotatable bonds is 5. The molecule has 9 atom stereocenters. The first-order chi connectivity index (χ1) is 25.3. The number of H-pyrrole nitrogens is 2. The first kappa shape index (κ1) is 33.7. The lowest BCUT2D eigenvalue weighted by Crippen LogP contribution is -2.67. The van der Waals surface area contributed by atoms with Gasteiger partial charge in [-0.3, -0.25) is 19.4 Å². The third-order valence-corrected chi connectivity index (χ3v) is 14.1. The molecule has 3 saturated heterocycles. The molecule has 6 heterocycles. The number of esters is 2. The van der Waals surface area contributed by atoms with Gasteiger partial charge >= 0.3 is 11.9 Å². The van der Waals surface area contributed by atoms with Crippen molar-refractivity contribution in [2.24, 2.45) is 23.7 Å². The minimum absolute atomic E-state index is 0.00122. The molecule has 0 amide bonds. The van der Waals surface area contributed by atoms with Gasteiger partial charge in [-0.1, -0.05) is 43.2 Å². The van der Waals surface area contributed by atoms with Crippen LogP contribution in [0, 0.1) is 23.7 Å². The van der Waals surface area contributed by atoms with E-state index in [2.05, 4.69) is 83.1 Å². The average Bonchev–Trinajstić information content (AvgIpc) is 3.69. The van der Waals surface area contributed by atoms with E-state index in [-0.39, 0.29) is 41.8 Å².